The van der Waals surface area contributed by atoms with Crippen LogP contribution in [0.4, 0.5) is 5.82 Å². The summed E-state index contributed by atoms with van der Waals surface area (Å²) in [6.45, 7) is 4.27. The van der Waals surface area contributed by atoms with Crippen LogP contribution in [0.5, 0.6) is 0 Å². The Hall–Kier alpha value is -0.510. The van der Waals surface area contributed by atoms with Gasteiger partial charge in [0, 0.05) is 32.4 Å². The highest BCUT2D eigenvalue weighted by Gasteiger charge is 2.09. The van der Waals surface area contributed by atoms with Gasteiger partial charge < -0.3 is 35.0 Å². The van der Waals surface area contributed by atoms with Crippen LogP contribution in [0.25, 0.3) is 0 Å². The van der Waals surface area contributed by atoms with Crippen molar-refractivity contribution in [3.8, 4) is 0 Å². The van der Waals surface area contributed by atoms with Crippen molar-refractivity contribution in [2.45, 2.75) is 0 Å². The molecule has 0 amide bonds. The molecule has 1 N–H and O–H groups in total. The number of pyridine rings is 1. The first-order valence-corrected chi connectivity index (χ1v) is 4.33. The molecule has 1 aromatic heterocycles. The molecule has 0 spiro atoms. The second kappa shape index (κ2) is 6.87. The van der Waals surface area contributed by atoms with Crippen molar-refractivity contribution < 1.29 is 24.8 Å². The molecule has 3 nitrogen and oxygen atoms in total. The van der Waals surface area contributed by atoms with E-state index in [0.29, 0.717) is 0 Å². The molecule has 2 heterocycles. The van der Waals surface area contributed by atoms with Gasteiger partial charge in [0.05, 0.1) is 0 Å². The maximum Gasteiger partial charge on any atom is 0.128 e. The highest BCUT2D eigenvalue weighted by molar-refractivity contribution is 5.38. The van der Waals surface area contributed by atoms with E-state index in [1.54, 1.807) is 0 Å². The number of hydrogen-bond donors (Lipinski definition) is 1. The number of nitrogens with one attached hydrogen (secondary N) is 1. The SMILES string of the molecule is [Cl-].[Cl-].c1ccc(N2CCNCC2)nc1. The first-order valence-electron chi connectivity index (χ1n) is 4.33. The fourth-order valence-electron chi connectivity index (χ4n) is 1.43. The number of rotatable bonds is 1. The van der Waals surface area contributed by atoms with Crippen LogP contribution in [-0.4, -0.2) is 31.2 Å². The lowest BCUT2D eigenvalue weighted by molar-refractivity contribution is -0.00100. The molecular formula is C9H13Cl2N3-2. The van der Waals surface area contributed by atoms with Crippen LogP contribution in [0.2, 0.25) is 0 Å². The summed E-state index contributed by atoms with van der Waals surface area (Å²) in [6.07, 6.45) is 1.84. The lowest BCUT2D eigenvalue weighted by atomic mass is 10.3. The molecule has 2 rings (SSSR count). The maximum absolute atomic E-state index is 4.30. The molecule has 0 aromatic carbocycles. The van der Waals surface area contributed by atoms with Crippen molar-refractivity contribution in [2.24, 2.45) is 0 Å². The molecule has 0 radical (unpaired) electrons. The third kappa shape index (κ3) is 3.33. The summed E-state index contributed by atoms with van der Waals surface area (Å²) in [4.78, 5) is 6.60. The number of nitrogens with zero attached hydrogens (tertiary/aromatic N) is 2. The predicted octanol–water partition coefficient (Wildman–Crippen LogP) is -5.50. The Labute approximate surface area is 96.7 Å². The predicted molar refractivity (Wildman–Crippen MR) is 49.3 cm³/mol. The lowest BCUT2D eigenvalue weighted by Crippen LogP contribution is -3.00. The average molecular weight is 234 g/mol. The molecule has 0 bridgehead atoms. The third-order valence-corrected chi connectivity index (χ3v) is 2.09. The van der Waals surface area contributed by atoms with Crippen LogP contribution in [0.15, 0.2) is 24.4 Å². The van der Waals surface area contributed by atoms with Gasteiger partial charge in [-0.3, -0.25) is 0 Å². The van der Waals surface area contributed by atoms with Crippen molar-refractivity contribution >= 4 is 5.82 Å². The summed E-state index contributed by atoms with van der Waals surface area (Å²) in [5, 5.41) is 3.32. The van der Waals surface area contributed by atoms with Crippen molar-refractivity contribution in [3.05, 3.63) is 24.4 Å². The first-order chi connectivity index (χ1) is 5.97. The molecule has 1 aromatic rings. The Kier molecular flexibility index (Phi) is 6.62. The minimum absolute atomic E-state index is 0. The molecule has 1 fully saturated rings. The van der Waals surface area contributed by atoms with E-state index >= 15 is 0 Å². The standard InChI is InChI=1S/C9H13N3.2ClH/c1-2-4-11-9(3-1)12-7-5-10-6-8-12;;/h1-4,10H,5-8H2;2*1H/p-2. The minimum atomic E-state index is 0. The molecule has 0 saturated carbocycles. The monoisotopic (exact) mass is 233 g/mol. The van der Waals surface area contributed by atoms with E-state index in [9.17, 15) is 0 Å². The number of piperazine rings is 1. The zero-order valence-corrected chi connectivity index (χ0v) is 9.30. The highest BCUT2D eigenvalue weighted by atomic mass is 35.5. The van der Waals surface area contributed by atoms with Crippen LogP contribution < -0.4 is 35.0 Å². The third-order valence-electron chi connectivity index (χ3n) is 2.09. The second-order valence-electron chi connectivity index (χ2n) is 2.92. The van der Waals surface area contributed by atoms with E-state index in [4.69, 9.17) is 0 Å². The van der Waals surface area contributed by atoms with Gasteiger partial charge in [-0.15, -0.1) is 0 Å². The normalized spacial score (nSPS) is 15.3. The Morgan fingerprint density at radius 3 is 2.43 bits per heavy atom. The van der Waals surface area contributed by atoms with Gasteiger partial charge in [0.25, 0.3) is 0 Å². The fourth-order valence-corrected chi connectivity index (χ4v) is 1.43. The summed E-state index contributed by atoms with van der Waals surface area (Å²) < 4.78 is 0. The van der Waals surface area contributed by atoms with Crippen LogP contribution in [0.3, 0.4) is 0 Å². The van der Waals surface area contributed by atoms with Gasteiger partial charge >= 0.3 is 0 Å². The van der Waals surface area contributed by atoms with Crippen LogP contribution in [0, 0.1) is 0 Å². The Morgan fingerprint density at radius 1 is 1.14 bits per heavy atom. The fraction of sp³-hybridized carbons (Fsp3) is 0.444. The van der Waals surface area contributed by atoms with Crippen molar-refractivity contribution in [1.82, 2.24) is 10.3 Å². The second-order valence-corrected chi connectivity index (χ2v) is 2.92. The summed E-state index contributed by atoms with van der Waals surface area (Å²) in [7, 11) is 0. The van der Waals surface area contributed by atoms with Gasteiger partial charge in [0.1, 0.15) is 5.82 Å². The van der Waals surface area contributed by atoms with E-state index in [0.717, 1.165) is 32.0 Å². The first kappa shape index (κ1) is 13.5. The van der Waals surface area contributed by atoms with Crippen molar-refractivity contribution in [3.63, 3.8) is 0 Å². The Morgan fingerprint density at radius 2 is 1.86 bits per heavy atom. The van der Waals surface area contributed by atoms with Crippen molar-refractivity contribution in [2.75, 3.05) is 31.1 Å². The van der Waals surface area contributed by atoms with E-state index in [1.807, 2.05) is 18.3 Å². The number of halogens is 2. The maximum atomic E-state index is 4.30. The van der Waals surface area contributed by atoms with E-state index in [1.165, 1.54) is 0 Å². The molecule has 5 heteroatoms. The van der Waals surface area contributed by atoms with E-state index in [-0.39, 0.29) is 24.8 Å². The van der Waals surface area contributed by atoms with Crippen LogP contribution in [0.1, 0.15) is 0 Å². The number of aromatic nitrogens is 1. The van der Waals surface area contributed by atoms with Gasteiger partial charge in [0.15, 0.2) is 0 Å². The molecule has 1 aliphatic rings. The van der Waals surface area contributed by atoms with Gasteiger partial charge in [-0.2, -0.15) is 0 Å². The van der Waals surface area contributed by atoms with E-state index in [2.05, 4.69) is 21.3 Å². The molecule has 1 aliphatic heterocycles. The summed E-state index contributed by atoms with van der Waals surface area (Å²) >= 11 is 0. The largest absolute Gasteiger partial charge is 1.00 e. The molecular weight excluding hydrogens is 221 g/mol. The topological polar surface area (TPSA) is 28.2 Å². The average Bonchev–Trinajstić information content (AvgIpc) is 2.21. The van der Waals surface area contributed by atoms with Crippen molar-refractivity contribution in [1.29, 1.82) is 0 Å². The Balaban J connectivity index is 0.000000845. The minimum Gasteiger partial charge on any atom is -1.00 e. The molecule has 1 saturated heterocycles. The quantitative estimate of drug-likeness (QED) is 0.525. The molecule has 0 atom stereocenters. The lowest BCUT2D eigenvalue weighted by Gasteiger charge is -2.28. The number of anilines is 1. The zero-order chi connectivity index (χ0) is 8.23. The van der Waals surface area contributed by atoms with Gasteiger partial charge in [-0.25, -0.2) is 4.98 Å². The smallest absolute Gasteiger partial charge is 0.128 e. The molecule has 0 aliphatic carbocycles. The summed E-state index contributed by atoms with van der Waals surface area (Å²) in [5.41, 5.74) is 0. The molecule has 14 heavy (non-hydrogen) atoms. The van der Waals surface area contributed by atoms with Gasteiger partial charge in [-0.1, -0.05) is 6.07 Å². The summed E-state index contributed by atoms with van der Waals surface area (Å²) in [6, 6.07) is 6.04. The van der Waals surface area contributed by atoms with Gasteiger partial charge in [-0.05, 0) is 12.1 Å². The Bertz CT molecular complexity index is 237. The molecule has 0 unspecified atom stereocenters. The summed E-state index contributed by atoms with van der Waals surface area (Å²) in [5.74, 6) is 1.10. The van der Waals surface area contributed by atoms with Gasteiger partial charge in [0.2, 0.25) is 0 Å². The van der Waals surface area contributed by atoms with Crippen LogP contribution >= 0.6 is 0 Å². The number of hydrogen-bond acceptors (Lipinski definition) is 3. The zero-order valence-electron chi connectivity index (χ0n) is 7.79. The van der Waals surface area contributed by atoms with E-state index < -0.39 is 0 Å². The highest BCUT2D eigenvalue weighted by Crippen LogP contribution is 2.08. The van der Waals surface area contributed by atoms with Crippen LogP contribution in [-0.2, 0) is 0 Å². The molecule has 80 valence electrons.